The molecule has 0 aromatic rings. The topological polar surface area (TPSA) is 78.9 Å². The summed E-state index contributed by atoms with van der Waals surface area (Å²) >= 11 is 0. The van der Waals surface area contributed by atoms with Crippen LogP contribution in [-0.4, -0.2) is 37.2 Å². The number of unbranched alkanes of at least 4 members (excludes halogenated alkanes) is 21. The van der Waals surface area contributed by atoms with E-state index in [-0.39, 0.29) is 31.1 Å². The minimum Gasteiger partial charge on any atom is -0.462 e. The van der Waals surface area contributed by atoms with Gasteiger partial charge in [-0.05, 0) is 77.0 Å². The summed E-state index contributed by atoms with van der Waals surface area (Å²) in [6, 6.07) is 0. The average Bonchev–Trinajstić information content (AvgIpc) is 3.17. The molecule has 0 radical (unpaired) electrons. The predicted octanol–water partition coefficient (Wildman–Crippen LogP) is 14.4. The number of carbonyl (C=O) groups excluding carboxylic acids is 3. The second-order valence-electron chi connectivity index (χ2n) is 14.9. The van der Waals surface area contributed by atoms with E-state index < -0.39 is 6.10 Å². The Bertz CT molecular complexity index is 964. The standard InChI is InChI=1S/C48H84O6/c1-4-7-10-13-16-18-20-22-23-24-26-27-29-32-35-38-41-47(50)53-44-45(43-52-46(49)40-37-34-31-15-12-9-6-3)54-48(51)42-39-36-33-30-28-25-21-19-17-14-11-8-5-2/h8,11,17,19,23-25,28,45H,4-7,9-10,12-16,18,20-22,26-27,29-44H2,1-3H3/b11-8-,19-17-,24-23-,28-25-. The van der Waals surface area contributed by atoms with Crippen LogP contribution in [0, 0.1) is 0 Å². The summed E-state index contributed by atoms with van der Waals surface area (Å²) in [4.78, 5) is 37.6. The van der Waals surface area contributed by atoms with Gasteiger partial charge in [-0.2, -0.15) is 0 Å². The minimum atomic E-state index is -0.785. The van der Waals surface area contributed by atoms with Crippen molar-refractivity contribution >= 4 is 17.9 Å². The van der Waals surface area contributed by atoms with Crippen molar-refractivity contribution in [3.8, 4) is 0 Å². The Balaban J connectivity index is 4.35. The number of hydrogen-bond acceptors (Lipinski definition) is 6. The van der Waals surface area contributed by atoms with Crippen molar-refractivity contribution in [3.05, 3.63) is 48.6 Å². The van der Waals surface area contributed by atoms with Crippen LogP contribution in [0.15, 0.2) is 48.6 Å². The lowest BCUT2D eigenvalue weighted by Crippen LogP contribution is -2.30. The molecule has 6 nitrogen and oxygen atoms in total. The van der Waals surface area contributed by atoms with Gasteiger partial charge in [0, 0.05) is 19.3 Å². The Morgan fingerprint density at radius 3 is 1.17 bits per heavy atom. The van der Waals surface area contributed by atoms with Gasteiger partial charge in [-0.1, -0.05) is 172 Å². The smallest absolute Gasteiger partial charge is 0.306 e. The molecule has 0 N–H and O–H groups in total. The molecule has 0 amide bonds. The summed E-state index contributed by atoms with van der Waals surface area (Å²) in [6.07, 6.45) is 49.6. The van der Waals surface area contributed by atoms with Gasteiger partial charge in [-0.15, -0.1) is 0 Å². The van der Waals surface area contributed by atoms with E-state index >= 15 is 0 Å². The molecule has 0 aliphatic rings. The van der Waals surface area contributed by atoms with Gasteiger partial charge in [0.2, 0.25) is 0 Å². The number of carbonyl (C=O) groups is 3. The highest BCUT2D eigenvalue weighted by molar-refractivity contribution is 5.71. The monoisotopic (exact) mass is 757 g/mol. The van der Waals surface area contributed by atoms with Crippen LogP contribution in [-0.2, 0) is 28.6 Å². The zero-order chi connectivity index (χ0) is 39.4. The average molecular weight is 757 g/mol. The molecule has 0 heterocycles. The molecule has 0 saturated heterocycles. The molecule has 0 aromatic carbocycles. The van der Waals surface area contributed by atoms with Crippen LogP contribution in [0.25, 0.3) is 0 Å². The fourth-order valence-electron chi connectivity index (χ4n) is 6.16. The van der Waals surface area contributed by atoms with Gasteiger partial charge in [-0.3, -0.25) is 14.4 Å². The number of esters is 3. The SMILES string of the molecule is CC/C=C\C/C=C\C/C=C\CCCCCC(=O)OC(COC(=O)CCCCCCC/C=C\CCCCCCCCC)COC(=O)CCCCCCCCC. The molecule has 6 heteroatoms. The predicted molar refractivity (Wildman–Crippen MR) is 229 cm³/mol. The van der Waals surface area contributed by atoms with Gasteiger partial charge in [0.05, 0.1) is 0 Å². The third-order valence-electron chi connectivity index (χ3n) is 9.57. The first-order valence-corrected chi connectivity index (χ1v) is 22.6. The molecule has 0 rings (SSSR count). The molecular weight excluding hydrogens is 673 g/mol. The number of rotatable bonds is 40. The van der Waals surface area contributed by atoms with E-state index in [9.17, 15) is 14.4 Å². The normalized spacial score (nSPS) is 12.4. The highest BCUT2D eigenvalue weighted by atomic mass is 16.6. The first kappa shape index (κ1) is 51.4. The fourth-order valence-corrected chi connectivity index (χ4v) is 6.16. The lowest BCUT2D eigenvalue weighted by atomic mass is 10.1. The summed E-state index contributed by atoms with van der Waals surface area (Å²) in [5, 5.41) is 0. The van der Waals surface area contributed by atoms with Crippen molar-refractivity contribution in [2.24, 2.45) is 0 Å². The van der Waals surface area contributed by atoms with Crippen LogP contribution in [0.3, 0.4) is 0 Å². The van der Waals surface area contributed by atoms with E-state index in [2.05, 4.69) is 69.4 Å². The summed E-state index contributed by atoms with van der Waals surface area (Å²) in [6.45, 7) is 6.43. The van der Waals surface area contributed by atoms with Crippen molar-refractivity contribution in [1.82, 2.24) is 0 Å². The van der Waals surface area contributed by atoms with Crippen LogP contribution in [0.1, 0.15) is 220 Å². The minimum absolute atomic E-state index is 0.0873. The van der Waals surface area contributed by atoms with E-state index in [1.807, 2.05) is 0 Å². The van der Waals surface area contributed by atoms with Crippen LogP contribution >= 0.6 is 0 Å². The van der Waals surface area contributed by atoms with E-state index in [1.165, 1.54) is 89.9 Å². The number of ether oxygens (including phenoxy) is 3. The van der Waals surface area contributed by atoms with Gasteiger partial charge >= 0.3 is 17.9 Å². The molecule has 0 saturated carbocycles. The summed E-state index contributed by atoms with van der Waals surface area (Å²) in [7, 11) is 0. The van der Waals surface area contributed by atoms with Crippen molar-refractivity contribution in [3.63, 3.8) is 0 Å². The summed E-state index contributed by atoms with van der Waals surface area (Å²) in [5.41, 5.74) is 0. The maximum atomic E-state index is 12.7. The second-order valence-corrected chi connectivity index (χ2v) is 14.9. The Morgan fingerprint density at radius 1 is 0.389 bits per heavy atom. The van der Waals surface area contributed by atoms with Gasteiger partial charge in [-0.25, -0.2) is 0 Å². The van der Waals surface area contributed by atoms with Crippen LogP contribution in [0.4, 0.5) is 0 Å². The molecule has 312 valence electrons. The summed E-state index contributed by atoms with van der Waals surface area (Å²) in [5.74, 6) is -0.934. The van der Waals surface area contributed by atoms with E-state index in [0.29, 0.717) is 19.3 Å². The zero-order valence-electron chi connectivity index (χ0n) is 35.5. The van der Waals surface area contributed by atoms with Gasteiger partial charge < -0.3 is 14.2 Å². The van der Waals surface area contributed by atoms with Crippen molar-refractivity contribution in [1.29, 1.82) is 0 Å². The molecule has 0 spiro atoms. The van der Waals surface area contributed by atoms with Crippen LogP contribution < -0.4 is 0 Å². The van der Waals surface area contributed by atoms with E-state index in [4.69, 9.17) is 14.2 Å². The van der Waals surface area contributed by atoms with Crippen molar-refractivity contribution < 1.29 is 28.6 Å². The maximum Gasteiger partial charge on any atom is 0.306 e. The van der Waals surface area contributed by atoms with Crippen molar-refractivity contribution in [2.45, 2.75) is 226 Å². The van der Waals surface area contributed by atoms with E-state index in [1.54, 1.807) is 0 Å². The van der Waals surface area contributed by atoms with E-state index in [0.717, 1.165) is 89.9 Å². The maximum absolute atomic E-state index is 12.7. The third kappa shape index (κ3) is 40.6. The quantitative estimate of drug-likeness (QED) is 0.0268. The molecule has 0 bridgehead atoms. The van der Waals surface area contributed by atoms with Crippen LogP contribution in [0.5, 0.6) is 0 Å². The molecule has 1 unspecified atom stereocenters. The number of hydrogen-bond donors (Lipinski definition) is 0. The Morgan fingerprint density at radius 2 is 0.722 bits per heavy atom. The van der Waals surface area contributed by atoms with Crippen LogP contribution in [0.2, 0.25) is 0 Å². The highest BCUT2D eigenvalue weighted by Gasteiger charge is 2.19. The Labute approximate surface area is 333 Å². The first-order chi connectivity index (χ1) is 26.5. The number of allylic oxidation sites excluding steroid dienone is 8. The first-order valence-electron chi connectivity index (χ1n) is 22.6. The molecule has 54 heavy (non-hydrogen) atoms. The molecule has 1 atom stereocenters. The fraction of sp³-hybridized carbons (Fsp3) is 0.771. The Kier molecular flexibility index (Phi) is 41.0. The highest BCUT2D eigenvalue weighted by Crippen LogP contribution is 2.13. The molecule has 0 aromatic heterocycles. The van der Waals surface area contributed by atoms with Gasteiger partial charge in [0.25, 0.3) is 0 Å². The largest absolute Gasteiger partial charge is 0.462 e. The zero-order valence-corrected chi connectivity index (χ0v) is 35.5. The van der Waals surface area contributed by atoms with Gasteiger partial charge in [0.15, 0.2) is 6.10 Å². The molecular formula is C48H84O6. The third-order valence-corrected chi connectivity index (χ3v) is 9.57. The Hall–Kier alpha value is -2.63. The van der Waals surface area contributed by atoms with Gasteiger partial charge in [0.1, 0.15) is 13.2 Å². The second kappa shape index (κ2) is 43.1. The molecule has 0 aliphatic carbocycles. The lowest BCUT2D eigenvalue weighted by Gasteiger charge is -2.18. The lowest BCUT2D eigenvalue weighted by molar-refractivity contribution is -0.167. The summed E-state index contributed by atoms with van der Waals surface area (Å²) < 4.78 is 16.6. The molecule has 0 aliphatic heterocycles. The molecule has 0 fully saturated rings. The van der Waals surface area contributed by atoms with Crippen molar-refractivity contribution in [2.75, 3.05) is 13.2 Å².